The Morgan fingerprint density at radius 2 is 1.95 bits per heavy atom. The zero-order valence-electron chi connectivity index (χ0n) is 10.6. The van der Waals surface area contributed by atoms with Crippen molar-refractivity contribution in [3.05, 3.63) is 30.1 Å². The van der Waals surface area contributed by atoms with Gasteiger partial charge in [0, 0.05) is 31.9 Å². The lowest BCUT2D eigenvalue weighted by molar-refractivity contribution is -0.132. The third-order valence-corrected chi connectivity index (χ3v) is 3.20. The first kappa shape index (κ1) is 13.3. The second-order valence-corrected chi connectivity index (χ2v) is 4.59. The Balaban J connectivity index is 2.06. The number of carbonyl (C=O) groups is 2. The van der Waals surface area contributed by atoms with E-state index in [2.05, 4.69) is 10.3 Å². The summed E-state index contributed by atoms with van der Waals surface area (Å²) in [6.45, 7) is 1.43. The van der Waals surface area contributed by atoms with Crippen LogP contribution in [0.4, 0.5) is 4.79 Å². The normalized spacial score (nSPS) is 16.1. The van der Waals surface area contributed by atoms with E-state index >= 15 is 0 Å². The highest BCUT2D eigenvalue weighted by molar-refractivity contribution is 5.85. The first-order chi connectivity index (χ1) is 9.16. The Kier molecular flexibility index (Phi) is 4.33. The molecule has 0 spiro atoms. The molecular weight excluding hydrogens is 246 g/mol. The van der Waals surface area contributed by atoms with Gasteiger partial charge in [-0.25, -0.2) is 4.79 Å². The summed E-state index contributed by atoms with van der Waals surface area (Å²) in [6.07, 6.45) is 4.42. The van der Waals surface area contributed by atoms with Crippen LogP contribution >= 0.6 is 0 Å². The quantitative estimate of drug-likeness (QED) is 0.845. The summed E-state index contributed by atoms with van der Waals surface area (Å²) in [5.74, 6) is -0.142. The van der Waals surface area contributed by atoms with Crippen molar-refractivity contribution in [2.75, 3.05) is 13.1 Å². The van der Waals surface area contributed by atoms with E-state index in [9.17, 15) is 9.59 Å². The van der Waals surface area contributed by atoms with Crippen molar-refractivity contribution >= 4 is 12.0 Å². The SMILES string of the molecule is O=C(O)NC(Cc1ccncc1)C(=O)N1CCCC1. The van der Waals surface area contributed by atoms with Crippen LogP contribution in [0.3, 0.4) is 0 Å². The monoisotopic (exact) mass is 263 g/mol. The number of hydrogen-bond donors (Lipinski definition) is 2. The number of carboxylic acid groups (broad SMARTS) is 1. The van der Waals surface area contributed by atoms with Crippen molar-refractivity contribution < 1.29 is 14.7 Å². The smallest absolute Gasteiger partial charge is 0.405 e. The van der Waals surface area contributed by atoms with Crippen LogP contribution in [-0.4, -0.2) is 46.1 Å². The van der Waals surface area contributed by atoms with Gasteiger partial charge in [-0.3, -0.25) is 9.78 Å². The topological polar surface area (TPSA) is 82.5 Å². The summed E-state index contributed by atoms with van der Waals surface area (Å²) in [6, 6.07) is 2.85. The Morgan fingerprint density at radius 3 is 2.53 bits per heavy atom. The fourth-order valence-electron chi connectivity index (χ4n) is 2.26. The Morgan fingerprint density at radius 1 is 1.32 bits per heavy atom. The molecule has 102 valence electrons. The number of nitrogens with zero attached hydrogens (tertiary/aromatic N) is 2. The van der Waals surface area contributed by atoms with Gasteiger partial charge in [-0.15, -0.1) is 0 Å². The number of amides is 2. The van der Waals surface area contributed by atoms with E-state index in [0.29, 0.717) is 19.5 Å². The van der Waals surface area contributed by atoms with Crippen LogP contribution in [0.2, 0.25) is 0 Å². The number of rotatable bonds is 4. The minimum Gasteiger partial charge on any atom is -0.465 e. The zero-order valence-corrected chi connectivity index (χ0v) is 10.6. The second kappa shape index (κ2) is 6.17. The molecule has 1 aliphatic rings. The molecule has 1 aromatic rings. The molecule has 0 bridgehead atoms. The largest absolute Gasteiger partial charge is 0.465 e. The van der Waals surface area contributed by atoms with Crippen LogP contribution in [0.1, 0.15) is 18.4 Å². The van der Waals surface area contributed by atoms with Gasteiger partial charge in [0.05, 0.1) is 0 Å². The third kappa shape index (κ3) is 3.67. The fraction of sp³-hybridized carbons (Fsp3) is 0.462. The van der Waals surface area contributed by atoms with Crippen molar-refractivity contribution in [3.63, 3.8) is 0 Å². The molecule has 19 heavy (non-hydrogen) atoms. The number of hydrogen-bond acceptors (Lipinski definition) is 3. The summed E-state index contributed by atoms with van der Waals surface area (Å²) in [4.78, 5) is 28.7. The van der Waals surface area contributed by atoms with Crippen LogP contribution < -0.4 is 5.32 Å². The molecule has 2 amide bonds. The van der Waals surface area contributed by atoms with Gasteiger partial charge >= 0.3 is 6.09 Å². The summed E-state index contributed by atoms with van der Waals surface area (Å²) < 4.78 is 0. The van der Waals surface area contributed by atoms with E-state index in [1.165, 1.54) is 0 Å². The number of aromatic nitrogens is 1. The molecule has 0 aromatic carbocycles. The summed E-state index contributed by atoms with van der Waals surface area (Å²) in [7, 11) is 0. The molecule has 1 aliphatic heterocycles. The molecule has 0 radical (unpaired) electrons. The van der Waals surface area contributed by atoms with Gasteiger partial charge in [0.2, 0.25) is 5.91 Å². The van der Waals surface area contributed by atoms with Crippen LogP contribution in [0.25, 0.3) is 0 Å². The maximum Gasteiger partial charge on any atom is 0.405 e. The molecule has 1 atom stereocenters. The molecule has 0 saturated carbocycles. The van der Waals surface area contributed by atoms with Crippen molar-refractivity contribution in [1.29, 1.82) is 0 Å². The molecule has 2 N–H and O–H groups in total. The first-order valence-electron chi connectivity index (χ1n) is 6.34. The molecule has 6 heteroatoms. The van der Waals surface area contributed by atoms with Crippen LogP contribution in [0, 0.1) is 0 Å². The molecule has 1 aromatic heterocycles. The molecule has 6 nitrogen and oxygen atoms in total. The van der Waals surface area contributed by atoms with Crippen LogP contribution in [0.5, 0.6) is 0 Å². The van der Waals surface area contributed by atoms with E-state index in [1.54, 1.807) is 29.4 Å². The van der Waals surface area contributed by atoms with Gasteiger partial charge in [-0.05, 0) is 30.5 Å². The predicted octanol–water partition coefficient (Wildman–Crippen LogP) is 0.883. The maximum absolute atomic E-state index is 12.3. The van der Waals surface area contributed by atoms with Crippen molar-refractivity contribution in [2.45, 2.75) is 25.3 Å². The first-order valence-corrected chi connectivity index (χ1v) is 6.34. The Labute approximate surface area is 111 Å². The molecule has 1 fully saturated rings. The van der Waals surface area contributed by atoms with Gasteiger partial charge in [-0.2, -0.15) is 0 Å². The van der Waals surface area contributed by atoms with E-state index in [1.807, 2.05) is 0 Å². The van der Waals surface area contributed by atoms with Gasteiger partial charge in [-0.1, -0.05) is 0 Å². The second-order valence-electron chi connectivity index (χ2n) is 4.59. The lowest BCUT2D eigenvalue weighted by Crippen LogP contribution is -2.48. The molecule has 2 rings (SSSR count). The summed E-state index contributed by atoms with van der Waals surface area (Å²) in [5.41, 5.74) is 0.890. The van der Waals surface area contributed by atoms with Gasteiger partial charge < -0.3 is 15.3 Å². The highest BCUT2D eigenvalue weighted by Gasteiger charge is 2.27. The van der Waals surface area contributed by atoms with Crippen molar-refractivity contribution in [1.82, 2.24) is 15.2 Å². The number of likely N-dealkylation sites (tertiary alicyclic amines) is 1. The lowest BCUT2D eigenvalue weighted by Gasteiger charge is -2.23. The maximum atomic E-state index is 12.3. The van der Waals surface area contributed by atoms with E-state index in [-0.39, 0.29) is 5.91 Å². The fourth-order valence-corrected chi connectivity index (χ4v) is 2.26. The standard InChI is InChI=1S/C13H17N3O3/c17-12(16-7-1-2-8-16)11(15-13(18)19)9-10-3-5-14-6-4-10/h3-6,11,15H,1-2,7-9H2,(H,18,19). The molecule has 0 aliphatic carbocycles. The summed E-state index contributed by atoms with van der Waals surface area (Å²) >= 11 is 0. The minimum atomic E-state index is -1.17. The summed E-state index contributed by atoms with van der Waals surface area (Å²) in [5, 5.41) is 11.2. The molecular formula is C13H17N3O3. The lowest BCUT2D eigenvalue weighted by atomic mass is 10.1. The third-order valence-electron chi connectivity index (χ3n) is 3.20. The highest BCUT2D eigenvalue weighted by atomic mass is 16.4. The van der Waals surface area contributed by atoms with Gasteiger partial charge in [0.15, 0.2) is 0 Å². The molecule has 1 saturated heterocycles. The average Bonchev–Trinajstić information content (AvgIpc) is 2.91. The Hall–Kier alpha value is -2.11. The molecule has 2 heterocycles. The van der Waals surface area contributed by atoms with E-state index in [4.69, 9.17) is 5.11 Å². The Bertz CT molecular complexity index is 444. The van der Waals surface area contributed by atoms with Crippen molar-refractivity contribution in [2.24, 2.45) is 0 Å². The van der Waals surface area contributed by atoms with Gasteiger partial charge in [0.25, 0.3) is 0 Å². The van der Waals surface area contributed by atoms with E-state index in [0.717, 1.165) is 18.4 Å². The van der Waals surface area contributed by atoms with Crippen LogP contribution in [-0.2, 0) is 11.2 Å². The number of carbonyl (C=O) groups excluding carboxylic acids is 1. The van der Waals surface area contributed by atoms with Crippen LogP contribution in [0.15, 0.2) is 24.5 Å². The average molecular weight is 263 g/mol. The minimum absolute atomic E-state index is 0.142. The van der Waals surface area contributed by atoms with Crippen molar-refractivity contribution in [3.8, 4) is 0 Å². The predicted molar refractivity (Wildman–Crippen MR) is 68.7 cm³/mol. The zero-order chi connectivity index (χ0) is 13.7. The van der Waals surface area contributed by atoms with Gasteiger partial charge in [0.1, 0.15) is 6.04 Å². The highest BCUT2D eigenvalue weighted by Crippen LogP contribution is 2.11. The molecule has 1 unspecified atom stereocenters. The number of nitrogens with one attached hydrogen (secondary N) is 1. The van der Waals surface area contributed by atoms with E-state index < -0.39 is 12.1 Å². The number of pyridine rings is 1.